The number of carbonyl (C=O) groups is 2. The first-order chi connectivity index (χ1) is 9.92. The number of hydrogen-bond acceptors (Lipinski definition) is 4. The molecule has 2 heterocycles. The van der Waals surface area contributed by atoms with E-state index < -0.39 is 12.0 Å². The summed E-state index contributed by atoms with van der Waals surface area (Å²) in [5, 5.41) is 13.7. The van der Waals surface area contributed by atoms with Crippen molar-refractivity contribution < 1.29 is 14.7 Å². The van der Waals surface area contributed by atoms with Crippen molar-refractivity contribution in [3.05, 3.63) is 23.0 Å². The van der Waals surface area contributed by atoms with Crippen molar-refractivity contribution in [1.82, 2.24) is 14.7 Å². The summed E-state index contributed by atoms with van der Waals surface area (Å²) in [6, 6.07) is -0.846. The molecular formula is C14H19N3O3S. The van der Waals surface area contributed by atoms with Gasteiger partial charge in [-0.3, -0.25) is 9.20 Å². The SMILES string of the molecule is CC[C@H](C)[C@H](NC(=O)Cc1csc2nc(C)cn12)C(=O)O. The lowest BCUT2D eigenvalue weighted by Crippen LogP contribution is -2.45. The van der Waals surface area contributed by atoms with Crippen molar-refractivity contribution in [1.29, 1.82) is 0 Å². The number of aryl methyl sites for hydroxylation is 1. The van der Waals surface area contributed by atoms with E-state index in [0.717, 1.165) is 16.3 Å². The van der Waals surface area contributed by atoms with Gasteiger partial charge in [-0.1, -0.05) is 20.3 Å². The lowest BCUT2D eigenvalue weighted by molar-refractivity contribution is -0.143. The van der Waals surface area contributed by atoms with Crippen LogP contribution in [0.15, 0.2) is 11.6 Å². The molecule has 0 radical (unpaired) electrons. The fourth-order valence-electron chi connectivity index (χ4n) is 2.14. The van der Waals surface area contributed by atoms with Gasteiger partial charge < -0.3 is 10.4 Å². The molecule has 0 aromatic carbocycles. The highest BCUT2D eigenvalue weighted by atomic mass is 32.1. The molecule has 0 aliphatic rings. The van der Waals surface area contributed by atoms with Crippen LogP contribution in [0.1, 0.15) is 31.7 Å². The van der Waals surface area contributed by atoms with Crippen LogP contribution in [0.2, 0.25) is 0 Å². The van der Waals surface area contributed by atoms with Gasteiger partial charge in [0.05, 0.1) is 12.1 Å². The van der Waals surface area contributed by atoms with Gasteiger partial charge >= 0.3 is 5.97 Å². The predicted octanol–water partition coefficient (Wildman–Crippen LogP) is 1.86. The van der Waals surface area contributed by atoms with E-state index in [0.29, 0.717) is 6.42 Å². The quantitative estimate of drug-likeness (QED) is 0.853. The largest absolute Gasteiger partial charge is 0.480 e. The maximum atomic E-state index is 12.1. The summed E-state index contributed by atoms with van der Waals surface area (Å²) < 4.78 is 1.87. The number of aromatic nitrogens is 2. The average molecular weight is 309 g/mol. The van der Waals surface area contributed by atoms with E-state index in [1.165, 1.54) is 11.3 Å². The number of imidazole rings is 1. The Bertz CT molecular complexity index is 662. The van der Waals surface area contributed by atoms with Crippen LogP contribution in [-0.2, 0) is 16.0 Å². The fourth-order valence-corrected chi connectivity index (χ4v) is 3.06. The first-order valence-corrected chi connectivity index (χ1v) is 7.74. The second kappa shape index (κ2) is 6.26. The van der Waals surface area contributed by atoms with Gasteiger partial charge in [-0.2, -0.15) is 0 Å². The standard InChI is InChI=1S/C14H19N3O3S/c1-4-8(2)12(13(19)20)16-11(18)5-10-7-21-14-15-9(3)6-17(10)14/h6-8,12H,4-5H2,1-3H3,(H,16,18)(H,19,20)/t8-,12-/m0/s1. The third kappa shape index (κ3) is 3.41. The molecule has 2 rings (SSSR count). The highest BCUT2D eigenvalue weighted by molar-refractivity contribution is 7.15. The first-order valence-electron chi connectivity index (χ1n) is 6.86. The van der Waals surface area contributed by atoms with Crippen molar-refractivity contribution in [2.45, 2.75) is 39.7 Å². The number of nitrogens with one attached hydrogen (secondary N) is 1. The highest BCUT2D eigenvalue weighted by Crippen LogP contribution is 2.17. The molecule has 6 nitrogen and oxygen atoms in total. The molecule has 0 bridgehead atoms. The zero-order valence-corrected chi connectivity index (χ0v) is 13.1. The Morgan fingerprint density at radius 1 is 1.52 bits per heavy atom. The third-order valence-corrected chi connectivity index (χ3v) is 4.43. The van der Waals surface area contributed by atoms with Crippen LogP contribution < -0.4 is 5.32 Å². The van der Waals surface area contributed by atoms with Gasteiger partial charge in [-0.25, -0.2) is 9.78 Å². The van der Waals surface area contributed by atoms with Crippen molar-refractivity contribution >= 4 is 28.2 Å². The highest BCUT2D eigenvalue weighted by Gasteiger charge is 2.25. The topological polar surface area (TPSA) is 83.7 Å². The van der Waals surface area contributed by atoms with E-state index in [1.54, 1.807) is 0 Å². The molecule has 0 fully saturated rings. The van der Waals surface area contributed by atoms with Crippen molar-refractivity contribution in [2.24, 2.45) is 5.92 Å². The smallest absolute Gasteiger partial charge is 0.326 e. The number of carboxylic acid groups (broad SMARTS) is 1. The van der Waals surface area contributed by atoms with Gasteiger partial charge in [-0.05, 0) is 12.8 Å². The molecule has 7 heteroatoms. The molecule has 2 aromatic heterocycles. The predicted molar refractivity (Wildman–Crippen MR) is 80.5 cm³/mol. The van der Waals surface area contributed by atoms with E-state index in [2.05, 4.69) is 10.3 Å². The number of nitrogens with zero attached hydrogens (tertiary/aromatic N) is 2. The molecule has 0 aliphatic carbocycles. The normalized spacial score (nSPS) is 14.0. The van der Waals surface area contributed by atoms with Gasteiger partial charge in [0.1, 0.15) is 6.04 Å². The molecule has 1 amide bonds. The van der Waals surface area contributed by atoms with Gasteiger partial charge in [0, 0.05) is 17.3 Å². The minimum atomic E-state index is -0.994. The first kappa shape index (κ1) is 15.5. The van der Waals surface area contributed by atoms with Crippen LogP contribution >= 0.6 is 11.3 Å². The van der Waals surface area contributed by atoms with Crippen molar-refractivity contribution in [3.8, 4) is 0 Å². The second-order valence-corrected chi connectivity index (χ2v) is 6.04. The Kier molecular flexibility index (Phi) is 4.62. The molecule has 0 spiro atoms. The number of carbonyl (C=O) groups excluding carboxylic acids is 1. The molecular weight excluding hydrogens is 290 g/mol. The number of carboxylic acids is 1. The van der Waals surface area contributed by atoms with Crippen LogP contribution in [0.5, 0.6) is 0 Å². The van der Waals surface area contributed by atoms with Crippen molar-refractivity contribution in [2.75, 3.05) is 0 Å². The third-order valence-electron chi connectivity index (χ3n) is 3.54. The summed E-state index contributed by atoms with van der Waals surface area (Å²) >= 11 is 1.47. The number of hydrogen-bond donors (Lipinski definition) is 2. The van der Waals surface area contributed by atoms with E-state index in [1.807, 2.05) is 36.7 Å². The zero-order valence-electron chi connectivity index (χ0n) is 12.3. The number of rotatable bonds is 6. The van der Waals surface area contributed by atoms with E-state index in [9.17, 15) is 14.7 Å². The van der Waals surface area contributed by atoms with Crippen LogP contribution in [0.4, 0.5) is 0 Å². The Balaban J connectivity index is 2.08. The fraction of sp³-hybridized carbons (Fsp3) is 0.500. The summed E-state index contributed by atoms with van der Waals surface area (Å²) in [6.07, 6.45) is 2.72. The molecule has 0 unspecified atom stereocenters. The Hall–Kier alpha value is -1.89. The number of aliphatic carboxylic acids is 1. The maximum Gasteiger partial charge on any atom is 0.326 e. The Morgan fingerprint density at radius 3 is 2.86 bits per heavy atom. The number of thiazole rings is 1. The van der Waals surface area contributed by atoms with Gasteiger partial charge in [-0.15, -0.1) is 11.3 Å². The van der Waals surface area contributed by atoms with Crippen molar-refractivity contribution in [3.63, 3.8) is 0 Å². The summed E-state index contributed by atoms with van der Waals surface area (Å²) in [4.78, 5) is 28.5. The second-order valence-electron chi connectivity index (χ2n) is 5.21. The van der Waals surface area contributed by atoms with Crippen LogP contribution in [0.25, 0.3) is 4.96 Å². The van der Waals surface area contributed by atoms with Gasteiger partial charge in [0.15, 0.2) is 4.96 Å². The van der Waals surface area contributed by atoms with Crippen LogP contribution in [0, 0.1) is 12.8 Å². The number of fused-ring (bicyclic) bond motifs is 1. The molecule has 0 saturated heterocycles. The molecule has 0 aliphatic heterocycles. The molecule has 21 heavy (non-hydrogen) atoms. The van der Waals surface area contributed by atoms with Crippen LogP contribution in [0.3, 0.4) is 0 Å². The molecule has 2 atom stereocenters. The Morgan fingerprint density at radius 2 is 2.24 bits per heavy atom. The van der Waals surface area contributed by atoms with E-state index >= 15 is 0 Å². The van der Waals surface area contributed by atoms with Gasteiger partial charge in [0.2, 0.25) is 5.91 Å². The minimum Gasteiger partial charge on any atom is -0.480 e. The minimum absolute atomic E-state index is 0.107. The maximum absolute atomic E-state index is 12.1. The average Bonchev–Trinajstić information content (AvgIpc) is 2.95. The van der Waals surface area contributed by atoms with E-state index in [4.69, 9.17) is 0 Å². The molecule has 0 saturated carbocycles. The Labute approximate surface area is 126 Å². The summed E-state index contributed by atoms with van der Waals surface area (Å²) in [7, 11) is 0. The summed E-state index contributed by atoms with van der Waals surface area (Å²) in [5.41, 5.74) is 1.72. The zero-order chi connectivity index (χ0) is 15.6. The van der Waals surface area contributed by atoms with E-state index in [-0.39, 0.29) is 18.2 Å². The molecule has 114 valence electrons. The lowest BCUT2D eigenvalue weighted by Gasteiger charge is -2.20. The molecule has 2 aromatic rings. The summed E-state index contributed by atoms with van der Waals surface area (Å²) in [6.45, 7) is 5.62. The van der Waals surface area contributed by atoms with Crippen LogP contribution in [-0.4, -0.2) is 32.4 Å². The summed E-state index contributed by atoms with van der Waals surface area (Å²) in [5.74, 6) is -1.38. The molecule has 2 N–H and O–H groups in total. The monoisotopic (exact) mass is 309 g/mol. The van der Waals surface area contributed by atoms with Gasteiger partial charge in [0.25, 0.3) is 0 Å². The lowest BCUT2D eigenvalue weighted by atomic mass is 9.99. The number of amides is 1.